The van der Waals surface area contributed by atoms with Gasteiger partial charge in [0, 0.05) is 19.3 Å². The van der Waals surface area contributed by atoms with Gasteiger partial charge in [-0.1, -0.05) is 239 Å². The SMILES string of the molecule is CC\C=C/C=C\C=C/C=C\CCCCCC(=O)OCC(COC(=O)CC/C=C\C/C=C\C/C=C\C/C=C\C/C=C\C/C=C\CC)OC(=O)CCCCCCCCCCCCCCCCC. The minimum Gasteiger partial charge on any atom is -0.462 e. The first-order chi connectivity index (χ1) is 32.0. The Balaban J connectivity index is 4.55. The number of carbonyl (C=O) groups is 3. The molecule has 1 unspecified atom stereocenters. The van der Waals surface area contributed by atoms with Crippen LogP contribution in [0.4, 0.5) is 0 Å². The van der Waals surface area contributed by atoms with E-state index in [1.54, 1.807) is 0 Å². The third-order valence-electron chi connectivity index (χ3n) is 10.6. The van der Waals surface area contributed by atoms with Gasteiger partial charge in [0.05, 0.1) is 0 Å². The highest BCUT2D eigenvalue weighted by atomic mass is 16.6. The van der Waals surface area contributed by atoms with Crippen LogP contribution in [-0.4, -0.2) is 37.2 Å². The highest BCUT2D eigenvalue weighted by Crippen LogP contribution is 2.15. The van der Waals surface area contributed by atoms with E-state index in [1.165, 1.54) is 77.0 Å². The lowest BCUT2D eigenvalue weighted by Crippen LogP contribution is -2.30. The molecule has 0 bridgehead atoms. The molecule has 0 saturated carbocycles. The molecule has 0 amide bonds. The Morgan fingerprint density at radius 1 is 0.338 bits per heavy atom. The number of esters is 3. The first-order valence-corrected chi connectivity index (χ1v) is 26.1. The van der Waals surface area contributed by atoms with Crippen molar-refractivity contribution in [3.63, 3.8) is 0 Å². The lowest BCUT2D eigenvalue weighted by molar-refractivity contribution is -0.166. The van der Waals surface area contributed by atoms with Gasteiger partial charge < -0.3 is 14.2 Å². The van der Waals surface area contributed by atoms with Gasteiger partial charge in [0.1, 0.15) is 13.2 Å². The van der Waals surface area contributed by atoms with E-state index in [1.807, 2.05) is 48.6 Å². The monoisotopic (exact) mass is 899 g/mol. The summed E-state index contributed by atoms with van der Waals surface area (Å²) in [5.74, 6) is -1.05. The van der Waals surface area contributed by atoms with E-state index in [0.29, 0.717) is 19.3 Å². The molecule has 0 aliphatic carbocycles. The van der Waals surface area contributed by atoms with Crippen LogP contribution in [0.15, 0.2) is 122 Å². The number of allylic oxidation sites excluding steroid dienone is 20. The molecule has 1 atom stereocenters. The summed E-state index contributed by atoms with van der Waals surface area (Å²) < 4.78 is 16.7. The number of hydrogen-bond acceptors (Lipinski definition) is 6. The Hall–Kier alpha value is -4.19. The fourth-order valence-corrected chi connectivity index (χ4v) is 6.71. The maximum atomic E-state index is 12.8. The molecular formula is C59H94O6. The molecule has 0 N–H and O–H groups in total. The summed E-state index contributed by atoms with van der Waals surface area (Å²) in [5, 5.41) is 0. The van der Waals surface area contributed by atoms with Gasteiger partial charge in [0.15, 0.2) is 6.10 Å². The fourth-order valence-electron chi connectivity index (χ4n) is 6.71. The fraction of sp³-hybridized carbons (Fsp3) is 0.610. The first kappa shape index (κ1) is 60.8. The molecule has 65 heavy (non-hydrogen) atoms. The van der Waals surface area contributed by atoms with Crippen molar-refractivity contribution in [2.75, 3.05) is 13.2 Å². The Morgan fingerprint density at radius 2 is 0.708 bits per heavy atom. The van der Waals surface area contributed by atoms with Gasteiger partial charge in [-0.05, 0) is 77.0 Å². The number of ether oxygens (including phenoxy) is 3. The van der Waals surface area contributed by atoms with Crippen LogP contribution in [0.25, 0.3) is 0 Å². The second-order valence-corrected chi connectivity index (χ2v) is 16.8. The lowest BCUT2D eigenvalue weighted by atomic mass is 10.0. The number of rotatable bonds is 45. The molecule has 6 heteroatoms. The third-order valence-corrected chi connectivity index (χ3v) is 10.6. The second kappa shape index (κ2) is 52.4. The van der Waals surface area contributed by atoms with Gasteiger partial charge in [-0.15, -0.1) is 0 Å². The van der Waals surface area contributed by atoms with E-state index in [0.717, 1.165) is 89.9 Å². The van der Waals surface area contributed by atoms with Crippen molar-refractivity contribution in [3.8, 4) is 0 Å². The largest absolute Gasteiger partial charge is 0.462 e. The van der Waals surface area contributed by atoms with Gasteiger partial charge in [-0.25, -0.2) is 0 Å². The quantitative estimate of drug-likeness (QED) is 0.0199. The second-order valence-electron chi connectivity index (χ2n) is 16.8. The highest BCUT2D eigenvalue weighted by molar-refractivity contribution is 5.71. The van der Waals surface area contributed by atoms with Gasteiger partial charge >= 0.3 is 17.9 Å². The minimum absolute atomic E-state index is 0.123. The van der Waals surface area contributed by atoms with E-state index in [4.69, 9.17) is 14.2 Å². The number of unbranched alkanes of at least 4 members (excludes halogenated alkanes) is 17. The molecule has 0 saturated heterocycles. The van der Waals surface area contributed by atoms with Crippen LogP contribution < -0.4 is 0 Å². The van der Waals surface area contributed by atoms with E-state index >= 15 is 0 Å². The molecule has 0 aliphatic rings. The Kier molecular flexibility index (Phi) is 49.1. The maximum absolute atomic E-state index is 12.8. The zero-order valence-corrected chi connectivity index (χ0v) is 41.7. The summed E-state index contributed by atoms with van der Waals surface area (Å²) in [6, 6.07) is 0. The van der Waals surface area contributed by atoms with Gasteiger partial charge in [0.25, 0.3) is 0 Å². The van der Waals surface area contributed by atoms with Gasteiger partial charge in [-0.2, -0.15) is 0 Å². The van der Waals surface area contributed by atoms with Crippen LogP contribution in [0.1, 0.15) is 213 Å². The van der Waals surface area contributed by atoms with Crippen molar-refractivity contribution < 1.29 is 28.6 Å². The summed E-state index contributed by atoms with van der Waals surface area (Å²) in [6.45, 7) is 6.27. The zero-order chi connectivity index (χ0) is 47.2. The zero-order valence-electron chi connectivity index (χ0n) is 41.7. The molecule has 0 fully saturated rings. The summed E-state index contributed by atoms with van der Waals surface area (Å²) >= 11 is 0. The molecule has 6 nitrogen and oxygen atoms in total. The topological polar surface area (TPSA) is 78.9 Å². The molecule has 0 aromatic rings. The third kappa shape index (κ3) is 50.7. The number of hydrogen-bond donors (Lipinski definition) is 0. The van der Waals surface area contributed by atoms with Gasteiger partial charge in [0.2, 0.25) is 0 Å². The lowest BCUT2D eigenvalue weighted by Gasteiger charge is -2.18. The standard InChI is InChI=1S/C59H94O6/c1-4-7-10-13-16-19-22-25-27-28-29-30-32-34-37-40-43-46-49-52-58(61)64-55-56(54-63-57(60)51-48-45-42-39-36-33-24-21-18-15-12-9-6-3)65-59(62)53-50-47-44-41-38-35-31-26-23-20-17-14-11-8-5-2/h7,9-10,12,15-16,18-19,21,24-25,27,29-30,33-34,36-37,43,46,56H,4-6,8,11,13-14,17,20,22-23,26,28,31-32,35,38-42,44-45,47-55H2,1-3H3/b10-7-,12-9-,18-15-,19-16-,24-21-,27-25-,30-29-,36-33-,37-34-,46-43-. The van der Waals surface area contributed by atoms with Crippen LogP contribution in [0.2, 0.25) is 0 Å². The summed E-state index contributed by atoms with van der Waals surface area (Å²) in [4.78, 5) is 38.0. The van der Waals surface area contributed by atoms with Crippen molar-refractivity contribution in [2.45, 2.75) is 219 Å². The summed E-state index contributed by atoms with van der Waals surface area (Å²) in [5.41, 5.74) is 0. The summed E-state index contributed by atoms with van der Waals surface area (Å²) in [6.07, 6.45) is 72.0. The normalized spacial score (nSPS) is 13.1. The first-order valence-electron chi connectivity index (χ1n) is 26.1. The Bertz CT molecular complexity index is 1400. The van der Waals surface area contributed by atoms with Crippen molar-refractivity contribution in [2.24, 2.45) is 0 Å². The average Bonchev–Trinajstić information content (AvgIpc) is 3.30. The van der Waals surface area contributed by atoms with Gasteiger partial charge in [-0.3, -0.25) is 14.4 Å². The molecule has 366 valence electrons. The van der Waals surface area contributed by atoms with Crippen molar-refractivity contribution in [1.82, 2.24) is 0 Å². The van der Waals surface area contributed by atoms with Crippen LogP contribution in [0.3, 0.4) is 0 Å². The van der Waals surface area contributed by atoms with Crippen LogP contribution >= 0.6 is 0 Å². The molecule has 0 radical (unpaired) electrons. The van der Waals surface area contributed by atoms with E-state index < -0.39 is 6.10 Å². The van der Waals surface area contributed by atoms with Crippen molar-refractivity contribution in [1.29, 1.82) is 0 Å². The molecule has 0 aliphatic heterocycles. The van der Waals surface area contributed by atoms with E-state index in [-0.39, 0.29) is 37.5 Å². The van der Waals surface area contributed by atoms with E-state index in [2.05, 4.69) is 93.7 Å². The predicted octanol–water partition coefficient (Wildman–Crippen LogP) is 17.3. The molecule has 0 rings (SSSR count). The molecule has 0 aromatic heterocycles. The molecular weight excluding hydrogens is 805 g/mol. The Labute approximate surface area is 399 Å². The Morgan fingerprint density at radius 3 is 1.18 bits per heavy atom. The molecule has 0 aromatic carbocycles. The smallest absolute Gasteiger partial charge is 0.306 e. The van der Waals surface area contributed by atoms with Crippen LogP contribution in [0.5, 0.6) is 0 Å². The highest BCUT2D eigenvalue weighted by Gasteiger charge is 2.19. The molecule has 0 spiro atoms. The molecule has 0 heterocycles. The van der Waals surface area contributed by atoms with E-state index in [9.17, 15) is 14.4 Å². The van der Waals surface area contributed by atoms with Crippen molar-refractivity contribution in [3.05, 3.63) is 122 Å². The van der Waals surface area contributed by atoms with Crippen LogP contribution in [-0.2, 0) is 28.6 Å². The minimum atomic E-state index is -0.826. The average molecular weight is 899 g/mol. The summed E-state index contributed by atoms with van der Waals surface area (Å²) in [7, 11) is 0. The van der Waals surface area contributed by atoms with Crippen LogP contribution in [0, 0.1) is 0 Å². The maximum Gasteiger partial charge on any atom is 0.306 e. The number of carbonyl (C=O) groups excluding carboxylic acids is 3. The predicted molar refractivity (Wildman–Crippen MR) is 279 cm³/mol. The van der Waals surface area contributed by atoms with Crippen molar-refractivity contribution >= 4 is 17.9 Å².